The van der Waals surface area contributed by atoms with Crippen LogP contribution in [0.3, 0.4) is 0 Å². The number of para-hydroxylation sites is 2. The second kappa shape index (κ2) is 8.33. The number of carbonyl (C=O) groups is 1. The van der Waals surface area contributed by atoms with E-state index in [1.165, 1.54) is 24.3 Å². The number of allylic oxidation sites excluding steroid dienone is 1. The second-order valence-electron chi connectivity index (χ2n) is 6.44. The minimum Gasteiger partial charge on any atom is -0.762 e. The number of anilines is 1. The Morgan fingerprint density at radius 2 is 1.74 bits per heavy atom. The van der Waals surface area contributed by atoms with Gasteiger partial charge in [-0.2, -0.15) is 9.83 Å². The van der Waals surface area contributed by atoms with Crippen LogP contribution >= 0.6 is 0 Å². The Morgan fingerprint density at radius 1 is 1.03 bits per heavy atom. The van der Waals surface area contributed by atoms with Crippen LogP contribution in [0.25, 0.3) is 27.8 Å². The van der Waals surface area contributed by atoms with E-state index in [4.69, 9.17) is 0 Å². The fourth-order valence-electron chi connectivity index (χ4n) is 2.95. The fraction of sp³-hybridized carbons (Fsp3) is 0. The summed E-state index contributed by atoms with van der Waals surface area (Å²) in [5.74, 6) is 1.28. The van der Waals surface area contributed by atoms with Gasteiger partial charge in [-0.3, -0.25) is 4.79 Å². The van der Waals surface area contributed by atoms with Gasteiger partial charge in [0.1, 0.15) is 29.2 Å². The molecule has 31 heavy (non-hydrogen) atoms. The monoisotopic (exact) mass is 408 g/mol. The molecule has 2 aromatic heterocycles. The molecule has 1 N–H and O–H groups in total. The lowest BCUT2D eigenvalue weighted by Crippen LogP contribution is -2.33. The van der Waals surface area contributed by atoms with Crippen LogP contribution in [-0.2, 0) is 0 Å². The third-order valence-electron chi connectivity index (χ3n) is 4.42. The number of halogens is 1. The molecular formula is C23H13FN6O. The summed E-state index contributed by atoms with van der Waals surface area (Å²) in [5.41, 5.74) is 1.83. The molecule has 4 aromatic rings. The zero-order chi connectivity index (χ0) is 21.8. The molecule has 0 saturated carbocycles. The van der Waals surface area contributed by atoms with Crippen molar-refractivity contribution in [2.24, 2.45) is 0 Å². The van der Waals surface area contributed by atoms with Gasteiger partial charge in [0.2, 0.25) is 5.52 Å². The van der Waals surface area contributed by atoms with Gasteiger partial charge in [-0.05, 0) is 53.5 Å². The number of amides is 1. The summed E-state index contributed by atoms with van der Waals surface area (Å²) < 4.78 is 14.7. The number of hydrogen-bond donors (Lipinski definition) is 1. The lowest BCUT2D eigenvalue weighted by Gasteiger charge is -2.07. The number of aromatic nitrogens is 3. The van der Waals surface area contributed by atoms with Gasteiger partial charge in [0.25, 0.3) is 5.91 Å². The molecule has 0 spiro atoms. The van der Waals surface area contributed by atoms with E-state index in [2.05, 4.69) is 15.3 Å². The number of hydrogen-bond acceptors (Lipinski definition) is 4. The van der Waals surface area contributed by atoms with Crippen molar-refractivity contribution in [3.63, 3.8) is 0 Å². The molecule has 1 amide bonds. The van der Waals surface area contributed by atoms with Crippen molar-refractivity contribution in [3.8, 4) is 11.9 Å². The van der Waals surface area contributed by atoms with Crippen molar-refractivity contribution in [2.45, 2.75) is 0 Å². The summed E-state index contributed by atoms with van der Waals surface area (Å²) in [6.45, 7) is 0. The molecule has 0 saturated heterocycles. The number of pyridine rings is 1. The van der Waals surface area contributed by atoms with Gasteiger partial charge in [0.15, 0.2) is 5.69 Å². The highest BCUT2D eigenvalue weighted by molar-refractivity contribution is 6.04. The van der Waals surface area contributed by atoms with Gasteiger partial charge in [-0.25, -0.2) is 15.2 Å². The Labute approximate surface area is 176 Å². The predicted molar refractivity (Wildman–Crippen MR) is 113 cm³/mol. The molecule has 4 rings (SSSR count). The van der Waals surface area contributed by atoms with Crippen LogP contribution in [-0.4, -0.2) is 21.7 Å². The van der Waals surface area contributed by atoms with E-state index in [-0.39, 0.29) is 17.1 Å². The number of nitrogens with one attached hydrogen (secondary N) is 1. The van der Waals surface area contributed by atoms with E-state index in [0.717, 1.165) is 0 Å². The lowest BCUT2D eigenvalue weighted by molar-refractivity contribution is -0.599. The summed E-state index contributed by atoms with van der Waals surface area (Å²) in [6.07, 6.45) is 3.26. The van der Waals surface area contributed by atoms with Crippen molar-refractivity contribution in [3.05, 3.63) is 95.5 Å². The molecule has 8 heteroatoms. The molecule has 0 unspecified atom stereocenters. The standard InChI is InChI=1S/C23H13FN6O/c24-17-9-7-15(8-10-17)23(31)27-18-4-3-11-30(14-18)22-21(16(12-25)13-26)28-19-5-1-2-6-20(19)29-22/h1-11,14H,(H,27,31). The number of rotatable bonds is 4. The first-order valence-electron chi connectivity index (χ1n) is 9.12. The zero-order valence-corrected chi connectivity index (χ0v) is 16.0. The van der Waals surface area contributed by atoms with E-state index < -0.39 is 11.7 Å². The van der Waals surface area contributed by atoms with Crippen LogP contribution in [0.4, 0.5) is 10.1 Å². The molecule has 7 nitrogen and oxygen atoms in total. The van der Waals surface area contributed by atoms with Gasteiger partial charge in [-0.15, -0.1) is 0 Å². The second-order valence-corrected chi connectivity index (χ2v) is 6.44. The molecule has 148 valence electrons. The van der Waals surface area contributed by atoms with Crippen LogP contribution in [0.15, 0.2) is 73.1 Å². The molecular weight excluding hydrogens is 395 g/mol. The predicted octanol–water partition coefficient (Wildman–Crippen LogP) is 3.44. The highest BCUT2D eigenvalue weighted by atomic mass is 19.1. The zero-order valence-electron chi connectivity index (χ0n) is 16.0. The summed E-state index contributed by atoms with van der Waals surface area (Å²) in [6, 6.07) is 17.5. The van der Waals surface area contributed by atoms with E-state index in [0.29, 0.717) is 22.3 Å². The Hall–Kier alpha value is -4.73. The minimum atomic E-state index is -0.432. The number of benzene rings is 2. The molecule has 2 heterocycles. The van der Waals surface area contributed by atoms with Crippen molar-refractivity contribution in [1.29, 1.82) is 5.26 Å². The number of carbonyl (C=O) groups excluding carboxylic acids is 1. The lowest BCUT2D eigenvalue weighted by atomic mass is 10.2. The average Bonchev–Trinajstić information content (AvgIpc) is 2.80. The van der Waals surface area contributed by atoms with Crippen LogP contribution in [0, 0.1) is 17.1 Å². The first-order valence-corrected chi connectivity index (χ1v) is 9.12. The average molecular weight is 408 g/mol. The maximum Gasteiger partial charge on any atom is 0.356 e. The summed E-state index contributed by atoms with van der Waals surface area (Å²) in [7, 11) is 0. The molecule has 0 atom stereocenters. The van der Waals surface area contributed by atoms with Crippen molar-refractivity contribution in [2.75, 3.05) is 5.32 Å². The number of nitrogens with zero attached hydrogens (tertiary/aromatic N) is 5. The molecule has 0 radical (unpaired) electrons. The highest BCUT2D eigenvalue weighted by Crippen LogP contribution is 2.19. The molecule has 0 aliphatic carbocycles. The maximum atomic E-state index is 13.1. The maximum absolute atomic E-state index is 13.1. The van der Waals surface area contributed by atoms with Gasteiger partial charge in [0.05, 0.1) is 11.9 Å². The van der Waals surface area contributed by atoms with Crippen LogP contribution in [0.1, 0.15) is 16.1 Å². The third-order valence-corrected chi connectivity index (χ3v) is 4.42. The Morgan fingerprint density at radius 3 is 2.42 bits per heavy atom. The quantitative estimate of drug-likeness (QED) is 0.317. The smallest absolute Gasteiger partial charge is 0.356 e. The minimum absolute atomic E-state index is 0.135. The third kappa shape index (κ3) is 4.03. The van der Waals surface area contributed by atoms with Crippen LogP contribution in [0.2, 0.25) is 0 Å². The van der Waals surface area contributed by atoms with E-state index in [1.54, 1.807) is 47.3 Å². The number of fused-ring (bicyclic) bond motifs is 1. The van der Waals surface area contributed by atoms with E-state index >= 15 is 0 Å². The summed E-state index contributed by atoms with van der Waals surface area (Å²) in [5, 5.41) is 21.5. The Kier molecular flexibility index (Phi) is 5.26. The first-order chi connectivity index (χ1) is 15.1. The van der Waals surface area contributed by atoms with Crippen molar-refractivity contribution >= 4 is 34.1 Å². The largest absolute Gasteiger partial charge is 0.762 e. The van der Waals surface area contributed by atoms with Crippen LogP contribution < -0.4 is 9.88 Å². The summed E-state index contributed by atoms with van der Waals surface area (Å²) >= 11 is 0. The van der Waals surface area contributed by atoms with Crippen molar-refractivity contribution < 1.29 is 13.8 Å². The SMILES string of the molecule is N#CC(=C=[N-])c1nc2ccccc2nc1-[n+]1cccc(NC(=O)c2ccc(F)cc2)c1. The van der Waals surface area contributed by atoms with E-state index in [9.17, 15) is 19.9 Å². The molecule has 0 fully saturated rings. The summed E-state index contributed by atoms with van der Waals surface area (Å²) in [4.78, 5) is 21.5. The number of nitriles is 1. The molecule has 0 bridgehead atoms. The normalized spacial score (nSPS) is 10.2. The molecule has 0 aliphatic rings. The van der Waals surface area contributed by atoms with Gasteiger partial charge in [-0.1, -0.05) is 12.1 Å². The van der Waals surface area contributed by atoms with Crippen molar-refractivity contribution in [1.82, 2.24) is 9.97 Å². The Balaban J connectivity index is 1.77. The fourth-order valence-corrected chi connectivity index (χ4v) is 2.95. The highest BCUT2D eigenvalue weighted by Gasteiger charge is 2.22. The van der Waals surface area contributed by atoms with E-state index in [1.807, 2.05) is 18.0 Å². The topological polar surface area (TPSA) is 105 Å². The Bertz CT molecular complexity index is 1400. The van der Waals surface area contributed by atoms with Gasteiger partial charge >= 0.3 is 5.82 Å². The van der Waals surface area contributed by atoms with Gasteiger partial charge < -0.3 is 10.7 Å². The van der Waals surface area contributed by atoms with Gasteiger partial charge in [0, 0.05) is 5.56 Å². The first kappa shape index (κ1) is 19.6. The van der Waals surface area contributed by atoms with Crippen LogP contribution in [0.5, 0.6) is 0 Å². The molecule has 0 aliphatic heterocycles. The molecule has 2 aromatic carbocycles.